The van der Waals surface area contributed by atoms with E-state index >= 15 is 0 Å². The van der Waals surface area contributed by atoms with Crippen molar-refractivity contribution in [2.24, 2.45) is 0 Å². The number of imidazole rings is 1. The second kappa shape index (κ2) is 5.40. The van der Waals surface area contributed by atoms with E-state index in [2.05, 4.69) is 15.3 Å². The van der Waals surface area contributed by atoms with Crippen molar-refractivity contribution < 1.29 is 4.79 Å². The third-order valence-electron chi connectivity index (χ3n) is 3.29. The predicted molar refractivity (Wildman–Crippen MR) is 75.8 cm³/mol. The Labute approximate surface area is 113 Å². The molecule has 0 saturated heterocycles. The smallest absolute Gasteiger partial charge is 0.237 e. The van der Waals surface area contributed by atoms with Gasteiger partial charge in [-0.15, -0.1) is 0 Å². The van der Waals surface area contributed by atoms with Gasteiger partial charge in [-0.3, -0.25) is 9.69 Å². The van der Waals surface area contributed by atoms with Crippen LogP contribution in [0, 0.1) is 6.92 Å². The largest absolute Gasteiger partial charge is 0.351 e. The standard InChI is InChI=1S/C14H20N4O/c1-9(18(3)4)14(19)15-8-11-5-6-12-13(7-11)17-10(2)16-12/h5-7,9H,8H2,1-4H3,(H,15,19)(H,16,17)/t9-/m0/s1. The number of carbonyl (C=O) groups excluding carboxylic acids is 1. The number of H-pyrrole nitrogens is 1. The van der Waals surface area contributed by atoms with Crippen LogP contribution in [0.3, 0.4) is 0 Å². The average molecular weight is 260 g/mol. The zero-order valence-corrected chi connectivity index (χ0v) is 11.8. The van der Waals surface area contributed by atoms with Gasteiger partial charge in [-0.25, -0.2) is 4.98 Å². The molecule has 0 radical (unpaired) electrons. The lowest BCUT2D eigenvalue weighted by Crippen LogP contribution is -2.41. The van der Waals surface area contributed by atoms with Crippen molar-refractivity contribution in [1.82, 2.24) is 20.2 Å². The van der Waals surface area contributed by atoms with Crippen LogP contribution in [0.25, 0.3) is 11.0 Å². The highest BCUT2D eigenvalue weighted by atomic mass is 16.2. The molecule has 5 nitrogen and oxygen atoms in total. The van der Waals surface area contributed by atoms with Crippen LogP contribution in [0.4, 0.5) is 0 Å². The molecule has 1 amide bonds. The van der Waals surface area contributed by atoms with Crippen LogP contribution in [-0.4, -0.2) is 40.9 Å². The lowest BCUT2D eigenvalue weighted by atomic mass is 10.2. The molecular formula is C14H20N4O. The number of hydrogen-bond acceptors (Lipinski definition) is 3. The Kier molecular flexibility index (Phi) is 3.85. The number of benzene rings is 1. The number of aryl methyl sites for hydroxylation is 1. The Hall–Kier alpha value is -1.88. The quantitative estimate of drug-likeness (QED) is 0.874. The molecule has 5 heteroatoms. The molecule has 0 fully saturated rings. The first-order valence-corrected chi connectivity index (χ1v) is 6.37. The van der Waals surface area contributed by atoms with Crippen LogP contribution in [0.5, 0.6) is 0 Å². The minimum Gasteiger partial charge on any atom is -0.351 e. The maximum Gasteiger partial charge on any atom is 0.237 e. The molecule has 102 valence electrons. The molecule has 0 spiro atoms. The van der Waals surface area contributed by atoms with Crippen LogP contribution < -0.4 is 5.32 Å². The van der Waals surface area contributed by atoms with E-state index in [0.29, 0.717) is 6.54 Å². The first-order valence-electron chi connectivity index (χ1n) is 6.37. The second-order valence-corrected chi connectivity index (χ2v) is 5.03. The molecular weight excluding hydrogens is 240 g/mol. The van der Waals surface area contributed by atoms with Gasteiger partial charge in [-0.05, 0) is 45.6 Å². The van der Waals surface area contributed by atoms with Crippen molar-refractivity contribution in [2.45, 2.75) is 26.4 Å². The minimum absolute atomic E-state index is 0.0332. The Morgan fingerprint density at radius 3 is 2.89 bits per heavy atom. The zero-order valence-electron chi connectivity index (χ0n) is 11.8. The molecule has 0 aliphatic heterocycles. The number of fused-ring (bicyclic) bond motifs is 1. The summed E-state index contributed by atoms with van der Waals surface area (Å²) in [6.07, 6.45) is 0. The number of likely N-dealkylation sites (N-methyl/N-ethyl adjacent to an activating group) is 1. The van der Waals surface area contributed by atoms with Crippen LogP contribution in [0.2, 0.25) is 0 Å². The molecule has 0 saturated carbocycles. The highest BCUT2D eigenvalue weighted by Crippen LogP contribution is 2.13. The van der Waals surface area contributed by atoms with E-state index in [-0.39, 0.29) is 11.9 Å². The van der Waals surface area contributed by atoms with Gasteiger partial charge in [0.15, 0.2) is 0 Å². The molecule has 1 aromatic heterocycles. The summed E-state index contributed by atoms with van der Waals surface area (Å²) < 4.78 is 0. The molecule has 0 aliphatic rings. The maximum absolute atomic E-state index is 11.9. The van der Waals surface area contributed by atoms with Gasteiger partial charge in [0, 0.05) is 6.54 Å². The Morgan fingerprint density at radius 1 is 1.47 bits per heavy atom. The van der Waals surface area contributed by atoms with E-state index in [9.17, 15) is 4.79 Å². The summed E-state index contributed by atoms with van der Waals surface area (Å²) in [4.78, 5) is 21.3. The number of amides is 1. The molecule has 0 bridgehead atoms. The Morgan fingerprint density at radius 2 is 2.21 bits per heavy atom. The van der Waals surface area contributed by atoms with Gasteiger partial charge < -0.3 is 10.3 Å². The highest BCUT2D eigenvalue weighted by molar-refractivity contribution is 5.81. The number of aromatic amines is 1. The van der Waals surface area contributed by atoms with Crippen molar-refractivity contribution in [3.63, 3.8) is 0 Å². The van der Waals surface area contributed by atoms with E-state index in [1.54, 1.807) is 0 Å². The first kappa shape index (κ1) is 13.5. The number of aromatic nitrogens is 2. The van der Waals surface area contributed by atoms with E-state index < -0.39 is 0 Å². The van der Waals surface area contributed by atoms with Crippen molar-refractivity contribution in [3.05, 3.63) is 29.6 Å². The van der Waals surface area contributed by atoms with E-state index in [0.717, 1.165) is 22.4 Å². The number of nitrogens with one attached hydrogen (secondary N) is 2. The second-order valence-electron chi connectivity index (χ2n) is 5.03. The molecule has 1 atom stereocenters. The lowest BCUT2D eigenvalue weighted by Gasteiger charge is -2.18. The first-order chi connectivity index (χ1) is 8.97. The van der Waals surface area contributed by atoms with Gasteiger partial charge >= 0.3 is 0 Å². The van der Waals surface area contributed by atoms with Crippen LogP contribution in [-0.2, 0) is 11.3 Å². The van der Waals surface area contributed by atoms with Crippen molar-refractivity contribution in [2.75, 3.05) is 14.1 Å². The SMILES string of the molecule is Cc1nc2ccc(CNC(=O)[C@H](C)N(C)C)cc2[nH]1. The fourth-order valence-corrected chi connectivity index (χ4v) is 1.87. The Bertz CT molecular complexity index is 588. The van der Waals surface area contributed by atoms with Crippen LogP contribution >= 0.6 is 0 Å². The van der Waals surface area contributed by atoms with Gasteiger partial charge in [0.1, 0.15) is 5.82 Å². The molecule has 1 heterocycles. The van der Waals surface area contributed by atoms with E-state index in [4.69, 9.17) is 0 Å². The molecule has 0 aliphatic carbocycles. The minimum atomic E-state index is -0.127. The van der Waals surface area contributed by atoms with Gasteiger partial charge in [-0.2, -0.15) is 0 Å². The predicted octanol–water partition coefficient (Wildman–Crippen LogP) is 1.44. The van der Waals surface area contributed by atoms with E-state index in [1.807, 2.05) is 51.0 Å². The van der Waals surface area contributed by atoms with Gasteiger partial charge in [-0.1, -0.05) is 6.07 Å². The summed E-state index contributed by atoms with van der Waals surface area (Å²) >= 11 is 0. The van der Waals surface area contributed by atoms with E-state index in [1.165, 1.54) is 0 Å². The molecule has 1 aromatic carbocycles. The van der Waals surface area contributed by atoms with Crippen LogP contribution in [0.15, 0.2) is 18.2 Å². The monoisotopic (exact) mass is 260 g/mol. The summed E-state index contributed by atoms with van der Waals surface area (Å²) in [7, 11) is 3.79. The summed E-state index contributed by atoms with van der Waals surface area (Å²) in [5, 5.41) is 2.94. The molecule has 2 N–H and O–H groups in total. The van der Waals surface area contributed by atoms with Gasteiger partial charge in [0.2, 0.25) is 5.91 Å². The Balaban J connectivity index is 2.03. The van der Waals surface area contributed by atoms with Gasteiger partial charge in [0.25, 0.3) is 0 Å². The fourth-order valence-electron chi connectivity index (χ4n) is 1.87. The average Bonchev–Trinajstić information content (AvgIpc) is 2.74. The molecule has 0 unspecified atom stereocenters. The van der Waals surface area contributed by atoms with Crippen molar-refractivity contribution >= 4 is 16.9 Å². The molecule has 2 aromatic rings. The normalized spacial score (nSPS) is 12.9. The number of rotatable bonds is 4. The summed E-state index contributed by atoms with van der Waals surface area (Å²) in [6.45, 7) is 4.35. The van der Waals surface area contributed by atoms with Crippen molar-refractivity contribution in [1.29, 1.82) is 0 Å². The fraction of sp³-hybridized carbons (Fsp3) is 0.429. The number of carbonyl (C=O) groups is 1. The molecule has 2 rings (SSSR count). The zero-order chi connectivity index (χ0) is 14.0. The molecule has 19 heavy (non-hydrogen) atoms. The summed E-state index contributed by atoms with van der Waals surface area (Å²) in [6, 6.07) is 5.85. The third-order valence-corrected chi connectivity index (χ3v) is 3.29. The lowest BCUT2D eigenvalue weighted by molar-refractivity contribution is -0.125. The highest BCUT2D eigenvalue weighted by Gasteiger charge is 2.14. The topological polar surface area (TPSA) is 61.0 Å². The number of hydrogen-bond donors (Lipinski definition) is 2. The van der Waals surface area contributed by atoms with Crippen LogP contribution in [0.1, 0.15) is 18.3 Å². The number of nitrogens with zero attached hydrogens (tertiary/aromatic N) is 2. The third kappa shape index (κ3) is 3.12. The summed E-state index contributed by atoms with van der Waals surface area (Å²) in [5.41, 5.74) is 3.02. The van der Waals surface area contributed by atoms with Crippen molar-refractivity contribution in [3.8, 4) is 0 Å². The van der Waals surface area contributed by atoms with Gasteiger partial charge in [0.05, 0.1) is 17.1 Å². The maximum atomic E-state index is 11.9. The summed E-state index contributed by atoms with van der Waals surface area (Å²) in [5.74, 6) is 0.934.